The second-order valence-electron chi connectivity index (χ2n) is 4.40. The van der Waals surface area contributed by atoms with Gasteiger partial charge in [-0.05, 0) is 18.8 Å². The Labute approximate surface area is 107 Å². The van der Waals surface area contributed by atoms with Gasteiger partial charge in [-0.25, -0.2) is 0 Å². The maximum Gasteiger partial charge on any atom is 0.229 e. The van der Waals surface area contributed by atoms with Crippen molar-refractivity contribution in [3.05, 3.63) is 0 Å². The maximum absolute atomic E-state index is 11.7. The second kappa shape index (κ2) is 6.54. The van der Waals surface area contributed by atoms with Crippen LogP contribution in [0.15, 0.2) is 0 Å². The van der Waals surface area contributed by atoms with Crippen LogP contribution in [0.3, 0.4) is 0 Å². The minimum absolute atomic E-state index is 0.00279. The Kier molecular flexibility index (Phi) is 5.34. The number of piperidine rings is 1. The van der Waals surface area contributed by atoms with E-state index >= 15 is 0 Å². The summed E-state index contributed by atoms with van der Waals surface area (Å²) in [5.74, 6) is 0.472. The Morgan fingerprint density at radius 2 is 2.00 bits per heavy atom. The van der Waals surface area contributed by atoms with Crippen LogP contribution >= 0.6 is 12.2 Å². The number of nitrogens with zero attached hydrogens (tertiary/aromatic N) is 1. The van der Waals surface area contributed by atoms with E-state index in [1.165, 1.54) is 6.92 Å². The zero-order valence-electron chi connectivity index (χ0n) is 10.1. The smallest absolute Gasteiger partial charge is 0.229 e. The molecular formula is C11H19N3O2S. The maximum atomic E-state index is 11.7. The molecule has 0 saturated carbocycles. The molecule has 0 unspecified atom stereocenters. The molecule has 1 aliphatic rings. The Morgan fingerprint density at radius 1 is 1.41 bits per heavy atom. The summed E-state index contributed by atoms with van der Waals surface area (Å²) in [7, 11) is 0. The van der Waals surface area contributed by atoms with Crippen molar-refractivity contribution in [2.45, 2.75) is 26.2 Å². The summed E-state index contributed by atoms with van der Waals surface area (Å²) in [5.41, 5.74) is 5.34. The molecule has 1 heterocycles. The molecule has 0 spiro atoms. The summed E-state index contributed by atoms with van der Waals surface area (Å²) in [6, 6.07) is 0. The number of likely N-dealkylation sites (tertiary alicyclic amines) is 1. The van der Waals surface area contributed by atoms with E-state index in [0.717, 1.165) is 25.9 Å². The van der Waals surface area contributed by atoms with Gasteiger partial charge in [0, 0.05) is 26.6 Å². The fourth-order valence-corrected chi connectivity index (χ4v) is 2.06. The van der Waals surface area contributed by atoms with Gasteiger partial charge in [0.2, 0.25) is 11.8 Å². The topological polar surface area (TPSA) is 75.4 Å². The molecule has 3 N–H and O–H groups in total. The molecule has 0 bridgehead atoms. The Balaban J connectivity index is 2.27. The lowest BCUT2D eigenvalue weighted by Gasteiger charge is -2.32. The van der Waals surface area contributed by atoms with Gasteiger partial charge in [-0.1, -0.05) is 12.2 Å². The van der Waals surface area contributed by atoms with Crippen molar-refractivity contribution >= 4 is 29.0 Å². The van der Waals surface area contributed by atoms with Gasteiger partial charge in [0.1, 0.15) is 0 Å². The second-order valence-corrected chi connectivity index (χ2v) is 4.93. The highest BCUT2D eigenvalue weighted by Crippen LogP contribution is 2.16. The molecule has 0 aliphatic carbocycles. The lowest BCUT2D eigenvalue weighted by atomic mass is 9.96. The number of carbonyl (C=O) groups is 2. The van der Waals surface area contributed by atoms with E-state index in [1.54, 1.807) is 4.90 Å². The fourth-order valence-electron chi connectivity index (χ4n) is 1.94. The first-order valence-electron chi connectivity index (χ1n) is 5.79. The average molecular weight is 257 g/mol. The third-order valence-electron chi connectivity index (χ3n) is 2.93. The molecule has 17 heavy (non-hydrogen) atoms. The summed E-state index contributed by atoms with van der Waals surface area (Å²) in [6.45, 7) is 3.67. The van der Waals surface area contributed by atoms with Crippen molar-refractivity contribution in [3.8, 4) is 0 Å². The molecular weight excluding hydrogens is 238 g/mol. The molecule has 0 atom stereocenters. The first-order chi connectivity index (χ1) is 7.99. The number of nitrogens with two attached hydrogens (primary N) is 1. The van der Waals surface area contributed by atoms with Crippen molar-refractivity contribution in [1.29, 1.82) is 0 Å². The number of thiocarbonyl (C=S) groups is 1. The van der Waals surface area contributed by atoms with Crippen LogP contribution in [0.2, 0.25) is 0 Å². The highest BCUT2D eigenvalue weighted by Gasteiger charge is 2.22. The van der Waals surface area contributed by atoms with Gasteiger partial charge in [-0.3, -0.25) is 9.59 Å². The lowest BCUT2D eigenvalue weighted by molar-refractivity contribution is -0.131. The van der Waals surface area contributed by atoms with Crippen molar-refractivity contribution in [2.75, 3.05) is 19.6 Å². The minimum atomic E-state index is -0.00279. The number of nitrogens with one attached hydrogen (secondary N) is 1. The molecule has 5 nitrogen and oxygen atoms in total. The van der Waals surface area contributed by atoms with Crippen LogP contribution in [0, 0.1) is 5.92 Å². The Bertz CT molecular complexity index is 312. The van der Waals surface area contributed by atoms with Gasteiger partial charge in [0.25, 0.3) is 0 Å². The van der Waals surface area contributed by atoms with E-state index < -0.39 is 0 Å². The quantitative estimate of drug-likeness (QED) is 0.697. The largest absolute Gasteiger partial charge is 0.393 e. The minimum Gasteiger partial charge on any atom is -0.393 e. The fraction of sp³-hybridized carbons (Fsp3) is 0.727. The van der Waals surface area contributed by atoms with Crippen molar-refractivity contribution in [1.82, 2.24) is 10.2 Å². The van der Waals surface area contributed by atoms with E-state index in [0.29, 0.717) is 12.5 Å². The molecule has 0 aromatic rings. The zero-order valence-corrected chi connectivity index (χ0v) is 10.9. The molecule has 1 rings (SSSR count). The summed E-state index contributed by atoms with van der Waals surface area (Å²) >= 11 is 4.72. The van der Waals surface area contributed by atoms with E-state index in [9.17, 15) is 9.59 Å². The van der Waals surface area contributed by atoms with E-state index in [2.05, 4.69) is 5.32 Å². The first-order valence-corrected chi connectivity index (χ1v) is 6.20. The van der Waals surface area contributed by atoms with Gasteiger partial charge in [-0.2, -0.15) is 0 Å². The van der Waals surface area contributed by atoms with E-state index in [1.807, 2.05) is 0 Å². The van der Waals surface area contributed by atoms with Crippen LogP contribution in [0.25, 0.3) is 0 Å². The van der Waals surface area contributed by atoms with Crippen LogP contribution < -0.4 is 11.1 Å². The SMILES string of the molecule is CC(=O)NCC1CCN(C(=O)CC(N)=S)CC1. The van der Waals surface area contributed by atoms with Crippen LogP contribution in [-0.4, -0.2) is 41.3 Å². The lowest BCUT2D eigenvalue weighted by Crippen LogP contribution is -2.42. The predicted molar refractivity (Wildman–Crippen MR) is 69.4 cm³/mol. The van der Waals surface area contributed by atoms with Gasteiger partial charge < -0.3 is 16.0 Å². The Morgan fingerprint density at radius 3 is 2.47 bits per heavy atom. The molecule has 0 radical (unpaired) electrons. The monoisotopic (exact) mass is 257 g/mol. The Hall–Kier alpha value is -1.17. The predicted octanol–water partition coefficient (Wildman–Crippen LogP) is 0.0373. The summed E-state index contributed by atoms with van der Waals surface area (Å²) < 4.78 is 0. The number of amides is 2. The molecule has 0 aromatic heterocycles. The van der Waals surface area contributed by atoms with Gasteiger partial charge in [0.15, 0.2) is 0 Å². The van der Waals surface area contributed by atoms with E-state index in [-0.39, 0.29) is 23.2 Å². The van der Waals surface area contributed by atoms with Gasteiger partial charge in [0.05, 0.1) is 11.4 Å². The van der Waals surface area contributed by atoms with Crippen molar-refractivity contribution in [3.63, 3.8) is 0 Å². The van der Waals surface area contributed by atoms with Crippen LogP contribution in [0.5, 0.6) is 0 Å². The number of hydrogen-bond donors (Lipinski definition) is 2. The van der Waals surface area contributed by atoms with Crippen LogP contribution in [0.1, 0.15) is 26.2 Å². The van der Waals surface area contributed by atoms with Crippen LogP contribution in [0.4, 0.5) is 0 Å². The number of carbonyl (C=O) groups excluding carboxylic acids is 2. The average Bonchev–Trinajstić information content (AvgIpc) is 2.26. The number of rotatable bonds is 4. The third-order valence-corrected chi connectivity index (χ3v) is 3.08. The molecule has 96 valence electrons. The summed E-state index contributed by atoms with van der Waals surface area (Å²) in [5, 5.41) is 2.81. The number of hydrogen-bond acceptors (Lipinski definition) is 3. The van der Waals surface area contributed by atoms with Gasteiger partial charge >= 0.3 is 0 Å². The van der Waals surface area contributed by atoms with Crippen molar-refractivity contribution < 1.29 is 9.59 Å². The highest BCUT2D eigenvalue weighted by molar-refractivity contribution is 7.80. The van der Waals surface area contributed by atoms with Crippen molar-refractivity contribution in [2.24, 2.45) is 11.7 Å². The molecule has 6 heteroatoms. The molecule has 2 amide bonds. The summed E-state index contributed by atoms with van der Waals surface area (Å²) in [4.78, 5) is 24.5. The van der Waals surface area contributed by atoms with Crippen LogP contribution in [-0.2, 0) is 9.59 Å². The molecule has 1 fully saturated rings. The zero-order chi connectivity index (χ0) is 12.8. The van der Waals surface area contributed by atoms with E-state index in [4.69, 9.17) is 18.0 Å². The summed E-state index contributed by atoms with van der Waals surface area (Å²) in [6.07, 6.45) is 2.00. The highest BCUT2D eigenvalue weighted by atomic mass is 32.1. The first kappa shape index (κ1) is 13.9. The van der Waals surface area contributed by atoms with Gasteiger partial charge in [-0.15, -0.1) is 0 Å². The molecule has 1 saturated heterocycles. The normalized spacial score (nSPS) is 16.6. The molecule has 1 aliphatic heterocycles. The molecule has 0 aromatic carbocycles. The third kappa shape index (κ3) is 5.12. The standard InChI is InChI=1S/C11H19N3O2S/c1-8(15)13-7-9-2-4-14(5-3-9)11(16)6-10(12)17/h9H,2-7H2,1H3,(H2,12,17)(H,13,15).